The Morgan fingerprint density at radius 2 is 2.00 bits per heavy atom. The molecule has 0 unspecified atom stereocenters. The zero-order chi connectivity index (χ0) is 16.1. The molecule has 0 bridgehead atoms. The molecule has 0 atom stereocenters. The Labute approximate surface area is 135 Å². The van der Waals surface area contributed by atoms with Gasteiger partial charge in [0.05, 0.1) is 18.7 Å². The Balaban J connectivity index is 1.73. The van der Waals surface area contributed by atoms with E-state index in [-0.39, 0.29) is 0 Å². The van der Waals surface area contributed by atoms with Crippen molar-refractivity contribution < 1.29 is 9.15 Å². The number of benzene rings is 1. The van der Waals surface area contributed by atoms with Crippen LogP contribution in [0.15, 0.2) is 46.9 Å². The first kappa shape index (κ1) is 15.4. The van der Waals surface area contributed by atoms with Gasteiger partial charge in [-0.3, -0.25) is 0 Å². The lowest BCUT2D eigenvalue weighted by Crippen LogP contribution is -2.08. The number of aryl methyl sites for hydroxylation is 1. The molecule has 3 aromatic rings. The number of anilines is 2. The van der Waals surface area contributed by atoms with Crippen LogP contribution < -0.4 is 10.6 Å². The fourth-order valence-corrected chi connectivity index (χ4v) is 2.45. The molecule has 0 fully saturated rings. The van der Waals surface area contributed by atoms with E-state index in [1.165, 1.54) is 0 Å². The van der Waals surface area contributed by atoms with Gasteiger partial charge in [0.1, 0.15) is 17.3 Å². The lowest BCUT2D eigenvalue weighted by atomic mass is 10.2. The first-order chi connectivity index (χ1) is 11.3. The third kappa shape index (κ3) is 3.81. The van der Waals surface area contributed by atoms with Crippen LogP contribution in [0.2, 0.25) is 0 Å². The minimum atomic E-state index is 0.623. The summed E-state index contributed by atoms with van der Waals surface area (Å²) in [5.41, 5.74) is 2.02. The Hall–Kier alpha value is -2.53. The van der Waals surface area contributed by atoms with Crippen LogP contribution in [0.4, 0.5) is 11.5 Å². The van der Waals surface area contributed by atoms with E-state index < -0.39 is 0 Å². The van der Waals surface area contributed by atoms with Crippen LogP contribution in [0, 0.1) is 6.92 Å². The van der Waals surface area contributed by atoms with E-state index in [1.807, 2.05) is 37.3 Å². The highest BCUT2D eigenvalue weighted by Crippen LogP contribution is 2.23. The quantitative estimate of drug-likeness (QED) is 0.650. The molecule has 5 heteroatoms. The lowest BCUT2D eigenvalue weighted by molar-refractivity contribution is 0.211. The average molecular weight is 311 g/mol. The van der Waals surface area contributed by atoms with Gasteiger partial charge >= 0.3 is 0 Å². The number of hydrogen-bond acceptors (Lipinski definition) is 5. The summed E-state index contributed by atoms with van der Waals surface area (Å²) in [6.07, 6.45) is 0. The Kier molecular flexibility index (Phi) is 4.78. The highest BCUT2D eigenvalue weighted by Gasteiger charge is 2.04. The van der Waals surface area contributed by atoms with Crippen molar-refractivity contribution in [2.45, 2.75) is 13.5 Å². The molecule has 0 saturated carbocycles. The number of pyridine rings is 1. The molecule has 0 radical (unpaired) electrons. The number of methoxy groups -OCH3 is 1. The van der Waals surface area contributed by atoms with E-state index in [4.69, 9.17) is 9.15 Å². The third-order valence-corrected chi connectivity index (χ3v) is 3.59. The van der Waals surface area contributed by atoms with Crippen molar-refractivity contribution in [1.82, 2.24) is 4.98 Å². The number of ether oxygens (including phenoxy) is 1. The van der Waals surface area contributed by atoms with Gasteiger partial charge in [-0.15, -0.1) is 0 Å². The van der Waals surface area contributed by atoms with Crippen molar-refractivity contribution in [1.29, 1.82) is 0 Å². The van der Waals surface area contributed by atoms with Crippen molar-refractivity contribution in [3.63, 3.8) is 0 Å². The molecular weight excluding hydrogens is 290 g/mol. The standard InChI is InChI=1S/C18H21N3O2/c1-13-6-7-14(23-13)12-20-18-9-8-15-16(19-10-11-22-2)4-3-5-17(15)21-18/h3-9,19H,10-12H2,1-2H3,(H,20,21). The van der Waals surface area contributed by atoms with Gasteiger partial charge in [-0.1, -0.05) is 6.07 Å². The van der Waals surface area contributed by atoms with Crippen LogP contribution >= 0.6 is 0 Å². The maximum absolute atomic E-state index is 5.55. The molecule has 0 aliphatic rings. The number of nitrogens with zero attached hydrogens (tertiary/aromatic N) is 1. The van der Waals surface area contributed by atoms with Gasteiger partial charge in [0.2, 0.25) is 0 Å². The molecular formula is C18H21N3O2. The zero-order valence-corrected chi connectivity index (χ0v) is 13.4. The SMILES string of the molecule is COCCNc1cccc2nc(NCc3ccc(C)o3)ccc12. The van der Waals surface area contributed by atoms with Crippen molar-refractivity contribution in [3.8, 4) is 0 Å². The Morgan fingerprint density at radius 1 is 1.09 bits per heavy atom. The molecule has 0 spiro atoms. The lowest BCUT2D eigenvalue weighted by Gasteiger charge is -2.10. The molecule has 2 aromatic heterocycles. The largest absolute Gasteiger partial charge is 0.465 e. The van der Waals surface area contributed by atoms with Crippen LogP contribution in [-0.4, -0.2) is 25.2 Å². The molecule has 0 saturated heterocycles. The molecule has 2 N–H and O–H groups in total. The van der Waals surface area contributed by atoms with Crippen molar-refractivity contribution in [2.24, 2.45) is 0 Å². The summed E-state index contributed by atoms with van der Waals surface area (Å²) in [7, 11) is 1.70. The maximum Gasteiger partial charge on any atom is 0.127 e. The first-order valence-electron chi connectivity index (χ1n) is 7.68. The van der Waals surface area contributed by atoms with Gasteiger partial charge in [-0.05, 0) is 43.3 Å². The molecule has 3 rings (SSSR count). The summed E-state index contributed by atoms with van der Waals surface area (Å²) in [4.78, 5) is 4.66. The Bertz CT molecular complexity index is 783. The smallest absolute Gasteiger partial charge is 0.127 e. The van der Waals surface area contributed by atoms with Gasteiger partial charge in [-0.25, -0.2) is 4.98 Å². The second-order valence-corrected chi connectivity index (χ2v) is 5.35. The normalized spacial score (nSPS) is 10.9. The van der Waals surface area contributed by atoms with Crippen LogP contribution in [0.3, 0.4) is 0 Å². The number of rotatable bonds is 7. The van der Waals surface area contributed by atoms with Crippen LogP contribution in [0.5, 0.6) is 0 Å². The highest BCUT2D eigenvalue weighted by atomic mass is 16.5. The Morgan fingerprint density at radius 3 is 2.78 bits per heavy atom. The highest BCUT2D eigenvalue weighted by molar-refractivity contribution is 5.92. The predicted molar refractivity (Wildman–Crippen MR) is 92.9 cm³/mol. The summed E-state index contributed by atoms with van der Waals surface area (Å²) in [6.45, 7) is 4.01. The summed E-state index contributed by atoms with van der Waals surface area (Å²) in [6, 6.07) is 14.1. The monoisotopic (exact) mass is 311 g/mol. The van der Waals surface area contributed by atoms with Crippen molar-refractivity contribution in [3.05, 3.63) is 54.0 Å². The number of hydrogen-bond donors (Lipinski definition) is 2. The minimum Gasteiger partial charge on any atom is -0.465 e. The van der Waals surface area contributed by atoms with E-state index in [2.05, 4.69) is 27.8 Å². The van der Waals surface area contributed by atoms with Crippen LogP contribution in [-0.2, 0) is 11.3 Å². The fourth-order valence-electron chi connectivity index (χ4n) is 2.45. The number of furan rings is 1. The maximum atomic E-state index is 5.55. The minimum absolute atomic E-state index is 0.623. The van der Waals surface area contributed by atoms with Gasteiger partial charge < -0.3 is 19.8 Å². The van der Waals surface area contributed by atoms with E-state index in [0.717, 1.165) is 40.5 Å². The summed E-state index contributed by atoms with van der Waals surface area (Å²) in [5, 5.41) is 7.76. The van der Waals surface area contributed by atoms with Crippen LogP contribution in [0.25, 0.3) is 10.9 Å². The second-order valence-electron chi connectivity index (χ2n) is 5.35. The molecule has 23 heavy (non-hydrogen) atoms. The molecule has 0 aliphatic carbocycles. The second kappa shape index (κ2) is 7.15. The predicted octanol–water partition coefficient (Wildman–Crippen LogP) is 3.81. The van der Waals surface area contributed by atoms with Crippen LogP contribution in [0.1, 0.15) is 11.5 Å². The molecule has 2 heterocycles. The third-order valence-electron chi connectivity index (χ3n) is 3.59. The molecule has 120 valence electrons. The molecule has 1 aromatic carbocycles. The van der Waals surface area contributed by atoms with E-state index in [9.17, 15) is 0 Å². The molecule has 0 amide bonds. The van der Waals surface area contributed by atoms with E-state index >= 15 is 0 Å². The average Bonchev–Trinajstić information content (AvgIpc) is 2.98. The van der Waals surface area contributed by atoms with E-state index in [1.54, 1.807) is 7.11 Å². The van der Waals surface area contributed by atoms with Gasteiger partial charge in [0.15, 0.2) is 0 Å². The van der Waals surface area contributed by atoms with Crippen molar-refractivity contribution >= 4 is 22.4 Å². The fraction of sp³-hybridized carbons (Fsp3) is 0.278. The van der Waals surface area contributed by atoms with Gasteiger partial charge in [0, 0.05) is 24.7 Å². The van der Waals surface area contributed by atoms with Gasteiger partial charge in [-0.2, -0.15) is 0 Å². The topological polar surface area (TPSA) is 59.3 Å². The number of fused-ring (bicyclic) bond motifs is 1. The first-order valence-corrected chi connectivity index (χ1v) is 7.68. The van der Waals surface area contributed by atoms with Crippen molar-refractivity contribution in [2.75, 3.05) is 30.9 Å². The van der Waals surface area contributed by atoms with Gasteiger partial charge in [0.25, 0.3) is 0 Å². The molecule has 0 aliphatic heterocycles. The number of nitrogens with one attached hydrogen (secondary N) is 2. The summed E-state index contributed by atoms with van der Waals surface area (Å²) in [5.74, 6) is 2.65. The molecule has 5 nitrogen and oxygen atoms in total. The zero-order valence-electron chi connectivity index (χ0n) is 13.4. The van der Waals surface area contributed by atoms with E-state index in [0.29, 0.717) is 13.2 Å². The summed E-state index contributed by atoms with van der Waals surface area (Å²) >= 11 is 0. The summed E-state index contributed by atoms with van der Waals surface area (Å²) < 4.78 is 10.6. The number of aromatic nitrogens is 1.